The molecule has 8 heteroatoms. The van der Waals surface area contributed by atoms with E-state index >= 15 is 0 Å². The molecule has 0 radical (unpaired) electrons. The minimum Gasteiger partial charge on any atom is -0.350 e. The van der Waals surface area contributed by atoms with E-state index in [1.165, 1.54) is 15.9 Å². The quantitative estimate of drug-likeness (QED) is 0.521. The molecule has 170 valence electrons. The predicted molar refractivity (Wildman–Crippen MR) is 130 cm³/mol. The topological polar surface area (TPSA) is 66.5 Å². The highest BCUT2D eigenvalue weighted by molar-refractivity contribution is 7.92. The fourth-order valence-electron chi connectivity index (χ4n) is 3.19. The monoisotopic (exact) mass is 484 g/mol. The van der Waals surface area contributed by atoms with Crippen LogP contribution in [0.15, 0.2) is 42.5 Å². The highest BCUT2D eigenvalue weighted by atomic mass is 35.5. The number of nitrogens with one attached hydrogen (secondary N) is 1. The second-order valence-electron chi connectivity index (χ2n) is 8.70. The number of hydrogen-bond acceptors (Lipinski definition) is 3. The molecule has 31 heavy (non-hydrogen) atoms. The Morgan fingerprint density at radius 1 is 1.10 bits per heavy atom. The highest BCUT2D eigenvalue weighted by Crippen LogP contribution is 2.31. The van der Waals surface area contributed by atoms with Gasteiger partial charge in [0, 0.05) is 18.0 Å². The molecule has 1 N–H and O–H groups in total. The predicted octanol–water partition coefficient (Wildman–Crippen LogP) is 5.71. The summed E-state index contributed by atoms with van der Waals surface area (Å²) < 4.78 is 25.7. The number of hydrogen-bond donors (Lipinski definition) is 1. The smallest absolute Gasteiger partial charge is 0.232 e. The Labute approximate surface area is 195 Å². The highest BCUT2D eigenvalue weighted by Gasteiger charge is 2.21. The third-order valence-corrected chi connectivity index (χ3v) is 6.73. The molecule has 0 saturated carbocycles. The molecule has 1 amide bonds. The molecule has 0 aliphatic heterocycles. The summed E-state index contributed by atoms with van der Waals surface area (Å²) in [4.78, 5) is 12.4. The number of benzene rings is 2. The molecule has 2 rings (SSSR count). The molecule has 0 saturated heterocycles. The van der Waals surface area contributed by atoms with Gasteiger partial charge in [0.25, 0.3) is 0 Å². The molecule has 0 aromatic heterocycles. The van der Waals surface area contributed by atoms with Gasteiger partial charge in [0.1, 0.15) is 0 Å². The lowest BCUT2D eigenvalue weighted by Crippen LogP contribution is -2.32. The van der Waals surface area contributed by atoms with E-state index < -0.39 is 10.0 Å². The maximum absolute atomic E-state index is 12.4. The van der Waals surface area contributed by atoms with Gasteiger partial charge in [-0.25, -0.2) is 8.42 Å². The van der Waals surface area contributed by atoms with Gasteiger partial charge in [-0.3, -0.25) is 9.10 Å². The fraction of sp³-hybridized carbons (Fsp3) is 0.435. The summed E-state index contributed by atoms with van der Waals surface area (Å²) in [6.45, 7) is 8.52. The van der Waals surface area contributed by atoms with Crippen molar-refractivity contribution in [2.45, 2.75) is 52.0 Å². The molecule has 2 aromatic carbocycles. The third-order valence-electron chi connectivity index (χ3n) is 5.00. The van der Waals surface area contributed by atoms with Crippen LogP contribution in [0.25, 0.3) is 0 Å². The summed E-state index contributed by atoms with van der Waals surface area (Å²) in [5, 5.41) is 3.64. The van der Waals surface area contributed by atoms with Gasteiger partial charge < -0.3 is 5.32 Å². The number of sulfonamides is 1. The van der Waals surface area contributed by atoms with Crippen LogP contribution in [-0.2, 0) is 20.2 Å². The summed E-state index contributed by atoms with van der Waals surface area (Å²) in [7, 11) is -3.58. The van der Waals surface area contributed by atoms with E-state index in [0.717, 1.165) is 11.8 Å². The van der Waals surface area contributed by atoms with Crippen molar-refractivity contribution in [3.8, 4) is 0 Å². The first-order valence-electron chi connectivity index (χ1n) is 10.1. The Bertz CT molecular complexity index is 1020. The molecular weight excluding hydrogens is 455 g/mol. The minimum atomic E-state index is -3.58. The van der Waals surface area contributed by atoms with E-state index in [1.54, 1.807) is 12.1 Å². The maximum atomic E-state index is 12.4. The fourth-order valence-corrected chi connectivity index (χ4v) is 4.60. The third kappa shape index (κ3) is 7.41. The Morgan fingerprint density at radius 2 is 1.71 bits per heavy atom. The number of amides is 1. The standard InChI is InChI=1S/C23H30Cl2N2O3S/c1-16(17-8-10-18(11-9-17)23(2,3)4)26-22(28)7-6-14-27(31(5,29)30)21-15-19(24)12-13-20(21)25/h8-13,15-16H,6-7,14H2,1-5H3,(H,26,28)/t16-/m1/s1. The van der Waals surface area contributed by atoms with Gasteiger partial charge in [0.15, 0.2) is 0 Å². The van der Waals surface area contributed by atoms with E-state index in [0.29, 0.717) is 17.1 Å². The molecule has 0 bridgehead atoms. The van der Waals surface area contributed by atoms with Crippen LogP contribution in [0.1, 0.15) is 57.7 Å². The zero-order valence-electron chi connectivity index (χ0n) is 18.6. The van der Waals surface area contributed by atoms with Gasteiger partial charge in [-0.05, 0) is 48.1 Å². The molecule has 0 heterocycles. The molecule has 0 spiro atoms. The van der Waals surface area contributed by atoms with Crippen molar-refractivity contribution < 1.29 is 13.2 Å². The van der Waals surface area contributed by atoms with E-state index in [-0.39, 0.29) is 35.4 Å². The normalized spacial score (nSPS) is 13.0. The second kappa shape index (κ2) is 10.2. The van der Waals surface area contributed by atoms with Gasteiger partial charge in [-0.2, -0.15) is 0 Å². The molecule has 0 unspecified atom stereocenters. The Morgan fingerprint density at radius 3 is 2.26 bits per heavy atom. The molecule has 0 aliphatic carbocycles. The molecule has 1 atom stereocenters. The zero-order valence-corrected chi connectivity index (χ0v) is 20.9. The number of carbonyl (C=O) groups excluding carboxylic acids is 1. The Hall–Kier alpha value is -1.76. The second-order valence-corrected chi connectivity index (χ2v) is 11.4. The van der Waals surface area contributed by atoms with Crippen molar-refractivity contribution >= 4 is 44.8 Å². The first-order chi connectivity index (χ1) is 14.3. The van der Waals surface area contributed by atoms with Gasteiger partial charge >= 0.3 is 0 Å². The van der Waals surface area contributed by atoms with E-state index in [9.17, 15) is 13.2 Å². The van der Waals surface area contributed by atoms with Crippen LogP contribution in [0.5, 0.6) is 0 Å². The summed E-state index contributed by atoms with van der Waals surface area (Å²) in [5.74, 6) is -0.141. The van der Waals surface area contributed by atoms with Crippen molar-refractivity contribution in [2.24, 2.45) is 0 Å². The van der Waals surface area contributed by atoms with Crippen LogP contribution in [0.4, 0.5) is 5.69 Å². The lowest BCUT2D eigenvalue weighted by Gasteiger charge is -2.24. The summed E-state index contributed by atoms with van der Waals surface area (Å²) in [6.07, 6.45) is 1.64. The van der Waals surface area contributed by atoms with E-state index in [1.807, 2.05) is 19.1 Å². The molecule has 0 aliphatic rings. The lowest BCUT2D eigenvalue weighted by atomic mass is 9.86. The SMILES string of the molecule is C[C@@H](NC(=O)CCCN(c1cc(Cl)ccc1Cl)S(C)(=O)=O)c1ccc(C(C)(C)C)cc1. The van der Waals surface area contributed by atoms with Gasteiger partial charge in [-0.1, -0.05) is 68.2 Å². The van der Waals surface area contributed by atoms with Gasteiger partial charge in [0.2, 0.25) is 15.9 Å². The van der Waals surface area contributed by atoms with Crippen molar-refractivity contribution in [3.63, 3.8) is 0 Å². The summed E-state index contributed by atoms with van der Waals surface area (Å²) >= 11 is 12.2. The number of halogens is 2. The number of nitrogens with zero attached hydrogens (tertiary/aromatic N) is 1. The van der Waals surface area contributed by atoms with Crippen molar-refractivity contribution in [1.82, 2.24) is 5.32 Å². The van der Waals surface area contributed by atoms with Crippen molar-refractivity contribution in [1.29, 1.82) is 0 Å². The zero-order chi connectivity index (χ0) is 23.4. The average Bonchev–Trinajstić information content (AvgIpc) is 2.66. The molecule has 0 fully saturated rings. The summed E-state index contributed by atoms with van der Waals surface area (Å²) in [5.41, 5.74) is 2.63. The molecule has 5 nitrogen and oxygen atoms in total. The van der Waals surface area contributed by atoms with Crippen LogP contribution in [-0.4, -0.2) is 27.1 Å². The van der Waals surface area contributed by atoms with E-state index in [2.05, 4.69) is 38.2 Å². The molecule has 2 aromatic rings. The minimum absolute atomic E-state index is 0.0718. The Kier molecular flexibility index (Phi) is 8.42. The van der Waals surface area contributed by atoms with Crippen LogP contribution in [0.2, 0.25) is 10.0 Å². The Balaban J connectivity index is 1.97. The lowest BCUT2D eigenvalue weighted by molar-refractivity contribution is -0.121. The van der Waals surface area contributed by atoms with Gasteiger partial charge in [-0.15, -0.1) is 0 Å². The van der Waals surface area contributed by atoms with Crippen molar-refractivity contribution in [2.75, 3.05) is 17.1 Å². The van der Waals surface area contributed by atoms with Crippen LogP contribution in [0, 0.1) is 0 Å². The first kappa shape index (κ1) is 25.5. The largest absolute Gasteiger partial charge is 0.350 e. The van der Waals surface area contributed by atoms with Crippen molar-refractivity contribution in [3.05, 3.63) is 63.6 Å². The number of anilines is 1. The summed E-state index contributed by atoms with van der Waals surface area (Å²) in [6, 6.07) is 12.7. The molecular formula is C23H30Cl2N2O3S. The van der Waals surface area contributed by atoms with Crippen LogP contribution >= 0.6 is 23.2 Å². The van der Waals surface area contributed by atoms with Crippen LogP contribution in [0.3, 0.4) is 0 Å². The van der Waals surface area contributed by atoms with Gasteiger partial charge in [0.05, 0.1) is 23.0 Å². The average molecular weight is 485 g/mol. The van der Waals surface area contributed by atoms with Crippen LogP contribution < -0.4 is 9.62 Å². The number of carbonyl (C=O) groups is 1. The maximum Gasteiger partial charge on any atom is 0.232 e. The number of rotatable bonds is 8. The van der Waals surface area contributed by atoms with E-state index in [4.69, 9.17) is 23.2 Å². The first-order valence-corrected chi connectivity index (χ1v) is 12.7.